The second-order valence-corrected chi connectivity index (χ2v) is 6.74. The molecule has 17 heavy (non-hydrogen) atoms. The van der Waals surface area contributed by atoms with Crippen LogP contribution in [0.5, 0.6) is 0 Å². The van der Waals surface area contributed by atoms with Crippen LogP contribution in [0.4, 0.5) is 0 Å². The van der Waals surface area contributed by atoms with Crippen LogP contribution in [-0.4, -0.2) is 57.9 Å². The molecule has 1 N–H and O–H groups in total. The summed E-state index contributed by atoms with van der Waals surface area (Å²) < 4.78 is 31.0. The van der Waals surface area contributed by atoms with Gasteiger partial charge in [-0.05, 0) is 25.3 Å². The van der Waals surface area contributed by atoms with Gasteiger partial charge in [0.15, 0.2) is 0 Å². The number of rotatable bonds is 4. The first kappa shape index (κ1) is 15.2. The zero-order chi connectivity index (χ0) is 11.6. The van der Waals surface area contributed by atoms with Crippen molar-refractivity contribution in [3.8, 4) is 0 Å². The summed E-state index contributed by atoms with van der Waals surface area (Å²) in [4.78, 5) is 0. The first-order valence-electron chi connectivity index (χ1n) is 5.84. The molecule has 0 bridgehead atoms. The average Bonchev–Trinajstić information content (AvgIpc) is 2.86. The molecule has 0 aromatic rings. The monoisotopic (exact) mass is 284 g/mol. The molecule has 2 atom stereocenters. The Kier molecular flexibility index (Phi) is 5.66. The zero-order valence-electron chi connectivity index (χ0n) is 10.1. The number of halogens is 1. The molecule has 2 heterocycles. The molecule has 2 aliphatic heterocycles. The molecule has 7 heteroatoms. The van der Waals surface area contributed by atoms with Crippen molar-refractivity contribution in [2.45, 2.75) is 18.9 Å². The zero-order valence-corrected chi connectivity index (χ0v) is 11.7. The number of nitrogens with zero attached hydrogens (tertiary/aromatic N) is 1. The van der Waals surface area contributed by atoms with E-state index in [2.05, 4.69) is 5.32 Å². The molecule has 2 fully saturated rings. The Hall–Kier alpha value is 0.120. The second-order valence-electron chi connectivity index (χ2n) is 4.67. The maximum atomic E-state index is 12.1. The normalized spacial score (nSPS) is 29.5. The third kappa shape index (κ3) is 3.79. The van der Waals surface area contributed by atoms with Crippen molar-refractivity contribution in [2.75, 3.05) is 39.1 Å². The lowest BCUT2D eigenvalue weighted by Crippen LogP contribution is -2.41. The van der Waals surface area contributed by atoms with E-state index in [-0.39, 0.29) is 30.1 Å². The average molecular weight is 285 g/mol. The Labute approximate surface area is 109 Å². The molecule has 102 valence electrons. The fraction of sp³-hybridized carbons (Fsp3) is 1.00. The first-order valence-corrected chi connectivity index (χ1v) is 7.44. The minimum atomic E-state index is -3.11. The van der Waals surface area contributed by atoms with Gasteiger partial charge in [-0.25, -0.2) is 12.7 Å². The molecule has 0 aromatic heterocycles. The summed E-state index contributed by atoms with van der Waals surface area (Å²) in [6.45, 7) is 2.98. The lowest BCUT2D eigenvalue weighted by Gasteiger charge is -2.24. The van der Waals surface area contributed by atoms with Crippen LogP contribution in [-0.2, 0) is 14.8 Å². The fourth-order valence-corrected chi connectivity index (χ4v) is 4.04. The second kappa shape index (κ2) is 6.33. The van der Waals surface area contributed by atoms with E-state index in [1.54, 1.807) is 11.4 Å². The van der Waals surface area contributed by atoms with E-state index in [1.165, 1.54) is 0 Å². The van der Waals surface area contributed by atoms with Crippen LogP contribution >= 0.6 is 12.4 Å². The number of sulfonamides is 1. The maximum Gasteiger partial charge on any atom is 0.214 e. The van der Waals surface area contributed by atoms with Crippen LogP contribution < -0.4 is 5.32 Å². The fourth-order valence-electron chi connectivity index (χ4n) is 2.31. The van der Waals surface area contributed by atoms with Gasteiger partial charge in [0.05, 0.1) is 12.4 Å². The molecule has 2 unspecified atom stereocenters. The number of ether oxygens (including phenoxy) is 1. The Morgan fingerprint density at radius 1 is 1.41 bits per heavy atom. The topological polar surface area (TPSA) is 58.6 Å². The molecule has 5 nitrogen and oxygen atoms in total. The Balaban J connectivity index is 0.00000144. The summed E-state index contributed by atoms with van der Waals surface area (Å²) in [6, 6.07) is 0.132. The molecule has 2 rings (SSSR count). The van der Waals surface area contributed by atoms with E-state index in [4.69, 9.17) is 4.74 Å². The van der Waals surface area contributed by atoms with Gasteiger partial charge in [0, 0.05) is 26.2 Å². The largest absolute Gasteiger partial charge is 0.381 e. The van der Waals surface area contributed by atoms with Gasteiger partial charge in [-0.15, -0.1) is 12.4 Å². The lowest BCUT2D eigenvalue weighted by molar-refractivity contribution is 0.188. The van der Waals surface area contributed by atoms with Gasteiger partial charge in [0.2, 0.25) is 10.0 Å². The highest BCUT2D eigenvalue weighted by atomic mass is 35.5. The molecular weight excluding hydrogens is 264 g/mol. The first-order chi connectivity index (χ1) is 7.59. The van der Waals surface area contributed by atoms with Crippen molar-refractivity contribution in [3.63, 3.8) is 0 Å². The van der Waals surface area contributed by atoms with E-state index in [1.807, 2.05) is 0 Å². The highest BCUT2D eigenvalue weighted by Gasteiger charge is 2.31. The number of hydrogen-bond donors (Lipinski definition) is 1. The van der Waals surface area contributed by atoms with Crippen LogP contribution in [0.2, 0.25) is 0 Å². The smallest absolute Gasteiger partial charge is 0.214 e. The third-order valence-electron chi connectivity index (χ3n) is 3.46. The number of likely N-dealkylation sites (N-methyl/N-ethyl adjacent to an activating group) is 1. The van der Waals surface area contributed by atoms with Gasteiger partial charge in [-0.3, -0.25) is 0 Å². The summed E-state index contributed by atoms with van der Waals surface area (Å²) in [5.41, 5.74) is 0. The quantitative estimate of drug-likeness (QED) is 0.794. The summed E-state index contributed by atoms with van der Waals surface area (Å²) in [6.07, 6.45) is 1.78. The Bertz CT molecular complexity index is 324. The molecular formula is C10H21ClN2O3S. The van der Waals surface area contributed by atoms with Crippen molar-refractivity contribution in [1.82, 2.24) is 9.62 Å². The number of hydrogen-bond acceptors (Lipinski definition) is 4. The third-order valence-corrected chi connectivity index (χ3v) is 5.53. The minimum absolute atomic E-state index is 0. The molecule has 0 radical (unpaired) electrons. The SMILES string of the molecule is CN(C1CCNC1)S(=O)(=O)CC1CCOC1.Cl. The molecule has 2 saturated heterocycles. The van der Waals surface area contributed by atoms with Crippen molar-refractivity contribution in [1.29, 1.82) is 0 Å². The minimum Gasteiger partial charge on any atom is -0.381 e. The van der Waals surface area contributed by atoms with E-state index in [0.717, 1.165) is 25.9 Å². The molecule has 0 aliphatic carbocycles. The highest BCUT2D eigenvalue weighted by molar-refractivity contribution is 7.89. The van der Waals surface area contributed by atoms with Crippen LogP contribution in [0, 0.1) is 5.92 Å². The van der Waals surface area contributed by atoms with Gasteiger partial charge >= 0.3 is 0 Å². The van der Waals surface area contributed by atoms with E-state index in [0.29, 0.717) is 13.2 Å². The van der Waals surface area contributed by atoms with Crippen LogP contribution in [0.25, 0.3) is 0 Å². The molecule has 0 saturated carbocycles. The van der Waals surface area contributed by atoms with E-state index < -0.39 is 10.0 Å². The summed E-state index contributed by atoms with van der Waals surface area (Å²) >= 11 is 0. The van der Waals surface area contributed by atoms with Gasteiger partial charge in [0.1, 0.15) is 0 Å². The van der Waals surface area contributed by atoms with Crippen molar-refractivity contribution in [3.05, 3.63) is 0 Å². The molecule has 0 amide bonds. The van der Waals surface area contributed by atoms with Crippen molar-refractivity contribution in [2.24, 2.45) is 5.92 Å². The summed E-state index contributed by atoms with van der Waals surface area (Å²) in [5.74, 6) is 0.418. The lowest BCUT2D eigenvalue weighted by atomic mass is 10.2. The Morgan fingerprint density at radius 2 is 2.18 bits per heavy atom. The molecule has 2 aliphatic rings. The highest BCUT2D eigenvalue weighted by Crippen LogP contribution is 2.19. The van der Waals surface area contributed by atoms with Crippen LogP contribution in [0.1, 0.15) is 12.8 Å². The summed E-state index contributed by atoms with van der Waals surface area (Å²) in [7, 11) is -1.42. The van der Waals surface area contributed by atoms with Crippen molar-refractivity contribution >= 4 is 22.4 Å². The van der Waals surface area contributed by atoms with Gasteiger partial charge in [0.25, 0.3) is 0 Å². The van der Waals surface area contributed by atoms with E-state index in [9.17, 15) is 8.42 Å². The van der Waals surface area contributed by atoms with Crippen LogP contribution in [0.15, 0.2) is 0 Å². The van der Waals surface area contributed by atoms with Gasteiger partial charge in [-0.1, -0.05) is 0 Å². The molecule has 0 aromatic carbocycles. The predicted molar refractivity (Wildman–Crippen MR) is 69.0 cm³/mol. The number of nitrogens with one attached hydrogen (secondary N) is 1. The molecule has 0 spiro atoms. The predicted octanol–water partition coefficient (Wildman–Crippen LogP) is 0.0682. The Morgan fingerprint density at radius 3 is 2.71 bits per heavy atom. The summed E-state index contributed by atoms with van der Waals surface area (Å²) in [5, 5.41) is 3.19. The van der Waals surface area contributed by atoms with Crippen LogP contribution in [0.3, 0.4) is 0 Å². The standard InChI is InChI=1S/C10H20N2O3S.ClH/c1-12(10-2-4-11-6-10)16(13,14)8-9-3-5-15-7-9;/h9-11H,2-8H2,1H3;1H. The van der Waals surface area contributed by atoms with Gasteiger partial charge in [-0.2, -0.15) is 0 Å². The van der Waals surface area contributed by atoms with Crippen molar-refractivity contribution < 1.29 is 13.2 Å². The van der Waals surface area contributed by atoms with E-state index >= 15 is 0 Å². The maximum absolute atomic E-state index is 12.1. The van der Waals surface area contributed by atoms with Gasteiger partial charge < -0.3 is 10.1 Å².